The van der Waals surface area contributed by atoms with Gasteiger partial charge in [0.25, 0.3) is 5.91 Å². The van der Waals surface area contributed by atoms with Crippen LogP contribution in [-0.4, -0.2) is 19.6 Å². The SMILES string of the molecule is CCNC(=O)c1ccc(COc2ccc(OC)cc2)o1. The zero-order chi connectivity index (χ0) is 14.4. The molecule has 0 unspecified atom stereocenters. The van der Waals surface area contributed by atoms with Gasteiger partial charge in [-0.15, -0.1) is 0 Å². The van der Waals surface area contributed by atoms with Gasteiger partial charge in [-0.05, 0) is 43.3 Å². The Bertz CT molecular complexity index is 560. The Hall–Kier alpha value is -2.43. The van der Waals surface area contributed by atoms with Crippen molar-refractivity contribution in [1.82, 2.24) is 5.32 Å². The van der Waals surface area contributed by atoms with Crippen molar-refractivity contribution in [3.63, 3.8) is 0 Å². The molecular formula is C15H17NO4. The van der Waals surface area contributed by atoms with Crippen molar-refractivity contribution in [2.24, 2.45) is 0 Å². The summed E-state index contributed by atoms with van der Waals surface area (Å²) in [7, 11) is 1.61. The molecule has 1 heterocycles. The van der Waals surface area contributed by atoms with Crippen LogP contribution >= 0.6 is 0 Å². The number of nitrogens with one attached hydrogen (secondary N) is 1. The summed E-state index contributed by atoms with van der Waals surface area (Å²) in [6, 6.07) is 10.6. The molecule has 1 aromatic heterocycles. The predicted molar refractivity (Wildman–Crippen MR) is 74.0 cm³/mol. The van der Waals surface area contributed by atoms with Gasteiger partial charge in [-0.2, -0.15) is 0 Å². The van der Waals surface area contributed by atoms with Crippen molar-refractivity contribution in [3.8, 4) is 11.5 Å². The van der Waals surface area contributed by atoms with E-state index >= 15 is 0 Å². The maximum Gasteiger partial charge on any atom is 0.286 e. The molecule has 0 radical (unpaired) electrons. The van der Waals surface area contributed by atoms with Crippen LogP contribution in [0.4, 0.5) is 0 Å². The molecule has 0 bridgehead atoms. The third kappa shape index (κ3) is 3.54. The summed E-state index contributed by atoms with van der Waals surface area (Å²) in [5.74, 6) is 2.15. The Kier molecular flexibility index (Phi) is 4.65. The molecule has 2 rings (SSSR count). The highest BCUT2D eigenvalue weighted by atomic mass is 16.5. The van der Waals surface area contributed by atoms with Crippen molar-refractivity contribution in [2.45, 2.75) is 13.5 Å². The predicted octanol–water partition coefficient (Wildman–Crippen LogP) is 2.62. The molecule has 0 spiro atoms. The summed E-state index contributed by atoms with van der Waals surface area (Å²) in [5.41, 5.74) is 0. The molecule has 0 saturated heterocycles. The van der Waals surface area contributed by atoms with Gasteiger partial charge in [0.2, 0.25) is 0 Å². The number of benzene rings is 1. The van der Waals surface area contributed by atoms with E-state index in [2.05, 4.69) is 5.32 Å². The molecule has 2 aromatic rings. The third-order valence-corrected chi connectivity index (χ3v) is 2.66. The first-order valence-electron chi connectivity index (χ1n) is 6.36. The number of amides is 1. The summed E-state index contributed by atoms with van der Waals surface area (Å²) in [5, 5.41) is 2.67. The van der Waals surface area contributed by atoms with Gasteiger partial charge in [0, 0.05) is 6.54 Å². The molecule has 5 heteroatoms. The lowest BCUT2D eigenvalue weighted by Crippen LogP contribution is -2.21. The molecule has 106 valence electrons. The van der Waals surface area contributed by atoms with Crippen LogP contribution in [0.1, 0.15) is 23.2 Å². The summed E-state index contributed by atoms with van der Waals surface area (Å²) in [6.07, 6.45) is 0. The van der Waals surface area contributed by atoms with Gasteiger partial charge in [-0.25, -0.2) is 0 Å². The monoisotopic (exact) mass is 275 g/mol. The van der Waals surface area contributed by atoms with Gasteiger partial charge in [-0.1, -0.05) is 0 Å². The molecule has 0 atom stereocenters. The van der Waals surface area contributed by atoms with Gasteiger partial charge in [0.05, 0.1) is 7.11 Å². The van der Waals surface area contributed by atoms with Crippen LogP contribution in [0.5, 0.6) is 11.5 Å². The minimum Gasteiger partial charge on any atom is -0.497 e. The molecule has 1 amide bonds. The zero-order valence-electron chi connectivity index (χ0n) is 11.5. The molecular weight excluding hydrogens is 258 g/mol. The Morgan fingerprint density at radius 1 is 1.15 bits per heavy atom. The van der Waals surface area contributed by atoms with Crippen LogP contribution in [0.15, 0.2) is 40.8 Å². The standard InChI is InChI=1S/C15H17NO4/c1-3-16-15(17)14-9-8-13(20-14)10-19-12-6-4-11(18-2)5-7-12/h4-9H,3,10H2,1-2H3,(H,16,17). The molecule has 0 aliphatic carbocycles. The number of hydrogen-bond acceptors (Lipinski definition) is 4. The van der Waals surface area contributed by atoms with E-state index in [9.17, 15) is 4.79 Å². The number of methoxy groups -OCH3 is 1. The first-order valence-corrected chi connectivity index (χ1v) is 6.36. The maximum atomic E-state index is 11.5. The number of furan rings is 1. The largest absolute Gasteiger partial charge is 0.497 e. The van der Waals surface area contributed by atoms with Crippen LogP contribution < -0.4 is 14.8 Å². The van der Waals surface area contributed by atoms with Crippen LogP contribution in [-0.2, 0) is 6.61 Å². The molecule has 5 nitrogen and oxygen atoms in total. The third-order valence-electron chi connectivity index (χ3n) is 2.66. The molecule has 0 saturated carbocycles. The topological polar surface area (TPSA) is 60.7 Å². The van der Waals surface area contributed by atoms with E-state index in [1.165, 1.54) is 0 Å². The second-order valence-corrected chi connectivity index (χ2v) is 4.09. The van der Waals surface area contributed by atoms with Gasteiger partial charge in [0.15, 0.2) is 5.76 Å². The van der Waals surface area contributed by atoms with E-state index in [1.54, 1.807) is 19.2 Å². The summed E-state index contributed by atoms with van der Waals surface area (Å²) in [6.45, 7) is 2.69. The second kappa shape index (κ2) is 6.65. The Labute approximate surface area is 117 Å². The quantitative estimate of drug-likeness (QED) is 0.880. The fourth-order valence-corrected chi connectivity index (χ4v) is 1.65. The van der Waals surface area contributed by atoms with Crippen molar-refractivity contribution in [3.05, 3.63) is 47.9 Å². The summed E-state index contributed by atoms with van der Waals surface area (Å²) in [4.78, 5) is 11.5. The minimum atomic E-state index is -0.219. The van der Waals surface area contributed by atoms with Crippen LogP contribution in [0.3, 0.4) is 0 Å². The highest BCUT2D eigenvalue weighted by molar-refractivity contribution is 5.91. The van der Waals surface area contributed by atoms with Crippen molar-refractivity contribution >= 4 is 5.91 Å². The average Bonchev–Trinajstić information content (AvgIpc) is 2.95. The number of rotatable bonds is 6. The van der Waals surface area contributed by atoms with Gasteiger partial charge >= 0.3 is 0 Å². The van der Waals surface area contributed by atoms with Gasteiger partial charge in [-0.3, -0.25) is 4.79 Å². The van der Waals surface area contributed by atoms with Gasteiger partial charge in [0.1, 0.15) is 23.9 Å². The Morgan fingerprint density at radius 3 is 2.50 bits per heavy atom. The van der Waals surface area contributed by atoms with E-state index in [0.717, 1.165) is 5.75 Å². The fourth-order valence-electron chi connectivity index (χ4n) is 1.65. The first kappa shape index (κ1) is 14.0. The van der Waals surface area contributed by atoms with Crippen LogP contribution in [0.25, 0.3) is 0 Å². The number of carbonyl (C=O) groups excluding carboxylic acids is 1. The molecule has 0 aliphatic heterocycles. The molecule has 1 N–H and O–H groups in total. The highest BCUT2D eigenvalue weighted by Crippen LogP contribution is 2.18. The Morgan fingerprint density at radius 2 is 1.85 bits per heavy atom. The van der Waals surface area contributed by atoms with E-state index in [0.29, 0.717) is 23.8 Å². The molecule has 0 fully saturated rings. The van der Waals surface area contributed by atoms with E-state index in [-0.39, 0.29) is 12.5 Å². The number of carbonyl (C=O) groups is 1. The normalized spacial score (nSPS) is 10.1. The second-order valence-electron chi connectivity index (χ2n) is 4.09. The zero-order valence-corrected chi connectivity index (χ0v) is 11.5. The van der Waals surface area contributed by atoms with E-state index in [1.807, 2.05) is 31.2 Å². The molecule has 20 heavy (non-hydrogen) atoms. The molecule has 0 aliphatic rings. The fraction of sp³-hybridized carbons (Fsp3) is 0.267. The lowest BCUT2D eigenvalue weighted by Gasteiger charge is -2.05. The molecule has 1 aromatic carbocycles. The Balaban J connectivity index is 1.91. The minimum absolute atomic E-state index is 0.219. The first-order chi connectivity index (χ1) is 9.72. The van der Waals surface area contributed by atoms with Crippen molar-refractivity contribution < 1.29 is 18.7 Å². The average molecular weight is 275 g/mol. The van der Waals surface area contributed by atoms with E-state index < -0.39 is 0 Å². The lowest BCUT2D eigenvalue weighted by atomic mass is 10.3. The smallest absolute Gasteiger partial charge is 0.286 e. The maximum absolute atomic E-state index is 11.5. The van der Waals surface area contributed by atoms with Crippen LogP contribution in [0.2, 0.25) is 0 Å². The number of ether oxygens (including phenoxy) is 2. The summed E-state index contributed by atoms with van der Waals surface area (Å²) < 4.78 is 16.0. The van der Waals surface area contributed by atoms with Gasteiger partial charge < -0.3 is 19.2 Å². The van der Waals surface area contributed by atoms with Crippen LogP contribution in [0, 0.1) is 0 Å². The lowest BCUT2D eigenvalue weighted by molar-refractivity contribution is 0.0924. The number of hydrogen-bond donors (Lipinski definition) is 1. The van der Waals surface area contributed by atoms with Crippen molar-refractivity contribution in [1.29, 1.82) is 0 Å². The van der Waals surface area contributed by atoms with E-state index in [4.69, 9.17) is 13.9 Å². The van der Waals surface area contributed by atoms with Crippen molar-refractivity contribution in [2.75, 3.05) is 13.7 Å². The highest BCUT2D eigenvalue weighted by Gasteiger charge is 2.10. The summed E-state index contributed by atoms with van der Waals surface area (Å²) >= 11 is 0.